The number of hydrogen-bond donors (Lipinski definition) is 1. The Morgan fingerprint density at radius 1 is 1.45 bits per heavy atom. The highest BCUT2D eigenvalue weighted by Gasteiger charge is 1.97. The predicted molar refractivity (Wildman–Crippen MR) is 45.5 cm³/mol. The first-order chi connectivity index (χ1) is 5.31. The Labute approximate surface area is 68.2 Å². The molecule has 1 atom stereocenters. The van der Waals surface area contributed by atoms with Crippen molar-refractivity contribution in [3.63, 3.8) is 0 Å². The summed E-state index contributed by atoms with van der Waals surface area (Å²) in [5.74, 6) is 0. The maximum Gasteiger partial charge on any atom is 0.0784 e. The number of rotatable bonds is 6. The molecule has 3 heteroatoms. The molecule has 11 heavy (non-hydrogen) atoms. The first-order valence-electron chi connectivity index (χ1n) is 3.76. The van der Waals surface area contributed by atoms with Crippen molar-refractivity contribution < 1.29 is 9.47 Å². The minimum absolute atomic E-state index is 0.155. The first kappa shape index (κ1) is 10.6. The number of ether oxygens (including phenoxy) is 2. The summed E-state index contributed by atoms with van der Waals surface area (Å²) in [5.41, 5.74) is 5.24. The number of methoxy groups -OCH3 is 1. The van der Waals surface area contributed by atoms with E-state index < -0.39 is 0 Å². The van der Waals surface area contributed by atoms with Gasteiger partial charge in [0.05, 0.1) is 19.3 Å². The lowest BCUT2D eigenvalue weighted by atomic mass is 10.4. The van der Waals surface area contributed by atoms with Crippen LogP contribution in [-0.2, 0) is 9.47 Å². The van der Waals surface area contributed by atoms with Crippen molar-refractivity contribution in [3.05, 3.63) is 12.2 Å². The molecule has 0 rings (SSSR count). The summed E-state index contributed by atoms with van der Waals surface area (Å²) < 4.78 is 10.2. The SMILES string of the molecule is COCC(C)OCC=CCN. The van der Waals surface area contributed by atoms with Gasteiger partial charge in [-0.2, -0.15) is 0 Å². The van der Waals surface area contributed by atoms with E-state index >= 15 is 0 Å². The molecule has 0 amide bonds. The molecule has 0 spiro atoms. The monoisotopic (exact) mass is 159 g/mol. The van der Waals surface area contributed by atoms with Crippen LogP contribution in [0.3, 0.4) is 0 Å². The molecule has 0 aliphatic carbocycles. The lowest BCUT2D eigenvalue weighted by Gasteiger charge is -2.09. The molecule has 0 saturated carbocycles. The van der Waals surface area contributed by atoms with Gasteiger partial charge in [-0.3, -0.25) is 0 Å². The summed E-state index contributed by atoms with van der Waals surface area (Å²) in [6, 6.07) is 0. The van der Waals surface area contributed by atoms with Crippen LogP contribution >= 0.6 is 0 Å². The van der Waals surface area contributed by atoms with E-state index in [1.807, 2.05) is 19.1 Å². The molecule has 0 fully saturated rings. The molecule has 0 aliphatic heterocycles. The fourth-order valence-electron chi connectivity index (χ4n) is 0.667. The van der Waals surface area contributed by atoms with E-state index in [0.29, 0.717) is 19.8 Å². The van der Waals surface area contributed by atoms with Crippen molar-refractivity contribution in [2.24, 2.45) is 5.73 Å². The van der Waals surface area contributed by atoms with E-state index in [9.17, 15) is 0 Å². The highest BCUT2D eigenvalue weighted by Crippen LogP contribution is 1.90. The van der Waals surface area contributed by atoms with Crippen LogP contribution in [0.2, 0.25) is 0 Å². The Morgan fingerprint density at radius 3 is 2.73 bits per heavy atom. The molecule has 66 valence electrons. The predicted octanol–water partition coefficient (Wildman–Crippen LogP) is 0.553. The molecule has 0 heterocycles. The average Bonchev–Trinajstić information content (AvgIpc) is 1.99. The van der Waals surface area contributed by atoms with Crippen LogP contribution in [0.1, 0.15) is 6.92 Å². The molecule has 0 aromatic carbocycles. The summed E-state index contributed by atoms with van der Waals surface area (Å²) in [5, 5.41) is 0. The van der Waals surface area contributed by atoms with E-state index in [4.69, 9.17) is 15.2 Å². The minimum Gasteiger partial charge on any atom is -0.382 e. The van der Waals surface area contributed by atoms with Crippen LogP contribution in [0, 0.1) is 0 Å². The van der Waals surface area contributed by atoms with Gasteiger partial charge >= 0.3 is 0 Å². The largest absolute Gasteiger partial charge is 0.382 e. The molecule has 3 nitrogen and oxygen atoms in total. The Hall–Kier alpha value is -0.380. The summed E-state index contributed by atoms with van der Waals surface area (Å²) in [6.07, 6.45) is 3.94. The van der Waals surface area contributed by atoms with Gasteiger partial charge in [-0.05, 0) is 6.92 Å². The normalized spacial score (nSPS) is 14.1. The lowest BCUT2D eigenvalue weighted by Crippen LogP contribution is -2.14. The zero-order valence-electron chi connectivity index (χ0n) is 7.25. The van der Waals surface area contributed by atoms with Gasteiger partial charge in [0.2, 0.25) is 0 Å². The van der Waals surface area contributed by atoms with Gasteiger partial charge in [-0.1, -0.05) is 12.2 Å². The van der Waals surface area contributed by atoms with E-state index in [1.165, 1.54) is 0 Å². The third kappa shape index (κ3) is 7.52. The van der Waals surface area contributed by atoms with Crippen LogP contribution in [0.25, 0.3) is 0 Å². The third-order valence-corrected chi connectivity index (χ3v) is 1.18. The topological polar surface area (TPSA) is 44.5 Å². The Morgan fingerprint density at radius 2 is 2.18 bits per heavy atom. The van der Waals surface area contributed by atoms with Gasteiger partial charge < -0.3 is 15.2 Å². The second-order valence-corrected chi connectivity index (χ2v) is 2.31. The Kier molecular flexibility index (Phi) is 7.46. The summed E-state index contributed by atoms with van der Waals surface area (Å²) in [4.78, 5) is 0. The molecule has 2 N–H and O–H groups in total. The van der Waals surface area contributed by atoms with Crippen LogP contribution in [0.4, 0.5) is 0 Å². The van der Waals surface area contributed by atoms with Crippen molar-refractivity contribution in [2.75, 3.05) is 26.9 Å². The Balaban J connectivity index is 3.16. The summed E-state index contributed by atoms with van der Waals surface area (Å²) in [7, 11) is 1.66. The summed E-state index contributed by atoms with van der Waals surface area (Å²) >= 11 is 0. The van der Waals surface area contributed by atoms with E-state index in [0.717, 1.165) is 0 Å². The van der Waals surface area contributed by atoms with Gasteiger partial charge in [0, 0.05) is 13.7 Å². The molecular weight excluding hydrogens is 142 g/mol. The van der Waals surface area contributed by atoms with Gasteiger partial charge in [0.1, 0.15) is 0 Å². The van der Waals surface area contributed by atoms with E-state index in [2.05, 4.69) is 0 Å². The molecule has 0 saturated heterocycles. The molecule has 0 bridgehead atoms. The zero-order valence-corrected chi connectivity index (χ0v) is 7.25. The lowest BCUT2D eigenvalue weighted by molar-refractivity contribution is 0.0227. The van der Waals surface area contributed by atoms with E-state index in [-0.39, 0.29) is 6.10 Å². The highest BCUT2D eigenvalue weighted by atomic mass is 16.5. The van der Waals surface area contributed by atoms with Crippen molar-refractivity contribution in [1.29, 1.82) is 0 Å². The molecule has 0 aliphatic rings. The molecule has 0 aromatic heterocycles. The Bertz CT molecular complexity index is 104. The van der Waals surface area contributed by atoms with Gasteiger partial charge in [0.25, 0.3) is 0 Å². The minimum atomic E-state index is 0.155. The van der Waals surface area contributed by atoms with Crippen molar-refractivity contribution in [3.8, 4) is 0 Å². The summed E-state index contributed by atoms with van der Waals surface area (Å²) in [6.45, 7) is 3.79. The fraction of sp³-hybridized carbons (Fsp3) is 0.750. The zero-order chi connectivity index (χ0) is 8.53. The smallest absolute Gasteiger partial charge is 0.0784 e. The van der Waals surface area contributed by atoms with Crippen LogP contribution < -0.4 is 5.73 Å². The maximum absolute atomic E-state index is 5.32. The van der Waals surface area contributed by atoms with Crippen LogP contribution in [-0.4, -0.2) is 33.0 Å². The van der Waals surface area contributed by atoms with Crippen molar-refractivity contribution >= 4 is 0 Å². The molecule has 1 unspecified atom stereocenters. The third-order valence-electron chi connectivity index (χ3n) is 1.18. The fourth-order valence-corrected chi connectivity index (χ4v) is 0.667. The number of nitrogens with two attached hydrogens (primary N) is 1. The first-order valence-corrected chi connectivity index (χ1v) is 3.76. The molecular formula is C8H17NO2. The van der Waals surface area contributed by atoms with Gasteiger partial charge in [-0.25, -0.2) is 0 Å². The van der Waals surface area contributed by atoms with Crippen LogP contribution in [0.15, 0.2) is 12.2 Å². The quantitative estimate of drug-likeness (QED) is 0.576. The van der Waals surface area contributed by atoms with Gasteiger partial charge in [0.15, 0.2) is 0 Å². The van der Waals surface area contributed by atoms with Gasteiger partial charge in [-0.15, -0.1) is 0 Å². The second-order valence-electron chi connectivity index (χ2n) is 2.31. The second kappa shape index (κ2) is 7.72. The van der Waals surface area contributed by atoms with Crippen molar-refractivity contribution in [1.82, 2.24) is 0 Å². The maximum atomic E-state index is 5.32. The molecule has 0 radical (unpaired) electrons. The molecule has 0 aromatic rings. The highest BCUT2D eigenvalue weighted by molar-refractivity contribution is 4.82. The average molecular weight is 159 g/mol. The van der Waals surface area contributed by atoms with Crippen molar-refractivity contribution in [2.45, 2.75) is 13.0 Å². The number of hydrogen-bond acceptors (Lipinski definition) is 3. The standard InChI is InChI=1S/C8H17NO2/c1-8(7-10-2)11-6-4-3-5-9/h3-4,8H,5-7,9H2,1-2H3. The van der Waals surface area contributed by atoms with Crippen LogP contribution in [0.5, 0.6) is 0 Å². The van der Waals surface area contributed by atoms with E-state index in [1.54, 1.807) is 7.11 Å².